The van der Waals surface area contributed by atoms with Crippen LogP contribution in [0.4, 0.5) is 0 Å². The molecule has 0 bridgehead atoms. The largest absolute Gasteiger partial charge is 0.253 e. The van der Waals surface area contributed by atoms with E-state index < -0.39 is 0 Å². The van der Waals surface area contributed by atoms with E-state index in [0.717, 1.165) is 39.3 Å². The molecule has 4 aromatic heterocycles. The van der Waals surface area contributed by atoms with E-state index >= 15 is 0 Å². The monoisotopic (exact) mass is 838 g/mol. The fraction of sp³-hybridized carbons (Fsp3) is 0.0877. The van der Waals surface area contributed by atoms with Gasteiger partial charge in [0, 0.05) is 35.0 Å². The lowest BCUT2D eigenvalue weighted by atomic mass is 9.84. The number of rotatable bonds is 8. The van der Waals surface area contributed by atoms with Gasteiger partial charge < -0.3 is 0 Å². The van der Waals surface area contributed by atoms with Crippen molar-refractivity contribution in [3.8, 4) is 79.5 Å². The average molecular weight is 839 g/mol. The van der Waals surface area contributed by atoms with Crippen molar-refractivity contribution in [2.45, 2.75) is 19.8 Å². The molecule has 0 aliphatic heterocycles. The summed E-state index contributed by atoms with van der Waals surface area (Å²) >= 11 is 0. The summed E-state index contributed by atoms with van der Waals surface area (Å²) in [5, 5.41) is 4.66. The van der Waals surface area contributed by atoms with Crippen molar-refractivity contribution < 1.29 is 0 Å². The fourth-order valence-corrected chi connectivity index (χ4v) is 8.86. The molecule has 1 aliphatic rings. The van der Waals surface area contributed by atoms with Gasteiger partial charge in [-0.25, -0.2) is 29.9 Å². The summed E-state index contributed by atoms with van der Waals surface area (Å²) in [5.74, 6) is 4.35. The first-order chi connectivity index (χ1) is 32.1. The van der Waals surface area contributed by atoms with Crippen LogP contribution in [0.25, 0.3) is 101 Å². The highest BCUT2D eigenvalue weighted by Gasteiger charge is 2.27. The molecule has 0 spiro atoms. The molecule has 10 aromatic rings. The predicted molar refractivity (Wildman–Crippen MR) is 261 cm³/mol. The quantitative estimate of drug-likeness (QED) is 0.139. The second-order valence-corrected chi connectivity index (χ2v) is 16.5. The van der Waals surface area contributed by atoms with Gasteiger partial charge in [0.2, 0.25) is 0 Å². The second-order valence-electron chi connectivity index (χ2n) is 16.5. The van der Waals surface area contributed by atoms with E-state index in [2.05, 4.69) is 145 Å². The third-order valence-electron chi connectivity index (χ3n) is 12.4. The molecule has 4 heterocycles. The molecule has 1 aliphatic carbocycles. The van der Waals surface area contributed by atoms with Crippen molar-refractivity contribution >= 4 is 21.5 Å². The Balaban J connectivity index is 0.990. The molecular weight excluding hydrogens is 797 g/mol. The van der Waals surface area contributed by atoms with Crippen molar-refractivity contribution in [3.05, 3.63) is 206 Å². The highest BCUT2D eigenvalue weighted by molar-refractivity contribution is 6.21. The van der Waals surface area contributed by atoms with Gasteiger partial charge in [0.25, 0.3) is 0 Å². The molecule has 11 rings (SSSR count). The topological polar surface area (TPSA) is 103 Å². The summed E-state index contributed by atoms with van der Waals surface area (Å²) in [6.07, 6.45) is 12.2. The van der Waals surface area contributed by atoms with E-state index in [1.165, 1.54) is 32.7 Å². The Bertz CT molecular complexity index is 3280. The van der Waals surface area contributed by atoms with Gasteiger partial charge in [0.15, 0.2) is 29.1 Å². The lowest BCUT2D eigenvalue weighted by Crippen LogP contribution is -2.17. The zero-order valence-electron chi connectivity index (χ0n) is 35.9. The molecule has 0 radical (unpaired) electrons. The van der Waals surface area contributed by atoms with Crippen LogP contribution in [-0.4, -0.2) is 39.9 Å². The molecule has 3 atom stereocenters. The Morgan fingerprint density at radius 2 is 0.723 bits per heavy atom. The van der Waals surface area contributed by atoms with Crippen LogP contribution in [0.3, 0.4) is 0 Å². The summed E-state index contributed by atoms with van der Waals surface area (Å²) in [6, 6.07) is 56.2. The lowest BCUT2D eigenvalue weighted by molar-refractivity contribution is 0.410. The average Bonchev–Trinajstić information content (AvgIpc) is 3.55. The lowest BCUT2D eigenvalue weighted by Gasteiger charge is -2.23. The first-order valence-electron chi connectivity index (χ1n) is 22.0. The second kappa shape index (κ2) is 17.1. The number of allylic oxidation sites excluding steroid dienone is 4. The van der Waals surface area contributed by atoms with Crippen LogP contribution < -0.4 is 0 Å². The zero-order chi connectivity index (χ0) is 43.7. The summed E-state index contributed by atoms with van der Waals surface area (Å²) in [7, 11) is 0. The van der Waals surface area contributed by atoms with Gasteiger partial charge in [-0.3, -0.25) is 9.97 Å². The molecule has 8 nitrogen and oxygen atoms in total. The van der Waals surface area contributed by atoms with E-state index in [-0.39, 0.29) is 5.92 Å². The number of hydrogen-bond acceptors (Lipinski definition) is 8. The number of nitrogens with zero attached hydrogens (tertiary/aromatic N) is 8. The molecule has 6 aromatic carbocycles. The Morgan fingerprint density at radius 3 is 1.22 bits per heavy atom. The highest BCUT2D eigenvalue weighted by atomic mass is 15.1. The van der Waals surface area contributed by atoms with E-state index in [1.54, 1.807) is 12.4 Å². The third-order valence-corrected chi connectivity index (χ3v) is 12.4. The van der Waals surface area contributed by atoms with Crippen molar-refractivity contribution in [2.24, 2.45) is 11.8 Å². The normalized spacial score (nSPS) is 15.9. The Labute approximate surface area is 377 Å². The molecular formula is C57H42N8. The van der Waals surface area contributed by atoms with Gasteiger partial charge in [-0.15, -0.1) is 0 Å². The van der Waals surface area contributed by atoms with Crippen LogP contribution in [0.5, 0.6) is 0 Å². The number of hydrogen-bond donors (Lipinski definition) is 0. The number of benzene rings is 6. The van der Waals surface area contributed by atoms with Gasteiger partial charge in [0.1, 0.15) is 17.2 Å². The van der Waals surface area contributed by atoms with E-state index in [4.69, 9.17) is 29.9 Å². The molecule has 0 amide bonds. The number of fused-ring (bicyclic) bond motifs is 2. The molecule has 0 saturated carbocycles. The predicted octanol–water partition coefficient (Wildman–Crippen LogP) is 13.3. The van der Waals surface area contributed by atoms with Crippen LogP contribution in [0, 0.1) is 11.8 Å². The molecule has 0 fully saturated rings. The minimum atomic E-state index is 0.0254. The maximum absolute atomic E-state index is 5.15. The third kappa shape index (κ3) is 7.65. The first kappa shape index (κ1) is 39.5. The summed E-state index contributed by atoms with van der Waals surface area (Å²) in [5.41, 5.74) is 8.68. The summed E-state index contributed by atoms with van der Waals surface area (Å²) < 4.78 is 0. The van der Waals surface area contributed by atoms with Gasteiger partial charge in [-0.1, -0.05) is 178 Å². The highest BCUT2D eigenvalue weighted by Crippen LogP contribution is 2.44. The molecule has 8 heteroatoms. The summed E-state index contributed by atoms with van der Waals surface area (Å²) in [4.78, 5) is 39.0. The Kier molecular flexibility index (Phi) is 10.4. The van der Waals surface area contributed by atoms with Crippen LogP contribution >= 0.6 is 0 Å². The van der Waals surface area contributed by atoms with Crippen LogP contribution in [0.2, 0.25) is 0 Å². The molecule has 0 saturated heterocycles. The van der Waals surface area contributed by atoms with Gasteiger partial charge >= 0.3 is 0 Å². The maximum atomic E-state index is 5.15. The van der Waals surface area contributed by atoms with E-state index in [1.807, 2.05) is 66.7 Å². The van der Waals surface area contributed by atoms with Crippen molar-refractivity contribution in [1.29, 1.82) is 0 Å². The molecule has 310 valence electrons. The minimum absolute atomic E-state index is 0.0254. The van der Waals surface area contributed by atoms with E-state index in [0.29, 0.717) is 46.7 Å². The van der Waals surface area contributed by atoms with Crippen LogP contribution in [0.1, 0.15) is 25.6 Å². The SMILES string of the molecule is CC1C=CC=CC(c2nc(-c3ccc(-c4c5ccccc5c(-c5ccc(-c6nc(-c7ccccc7)nc(-c7ccccn7)n6)cc5)c5ccccc45)cc3)nc(-c3ccccn3)n2)C1C. The minimum Gasteiger partial charge on any atom is -0.253 e. The van der Waals surface area contributed by atoms with Crippen LogP contribution in [0.15, 0.2) is 200 Å². The van der Waals surface area contributed by atoms with Crippen molar-refractivity contribution in [1.82, 2.24) is 39.9 Å². The number of aromatic nitrogens is 8. The van der Waals surface area contributed by atoms with Crippen LogP contribution in [-0.2, 0) is 0 Å². The number of pyridine rings is 2. The summed E-state index contributed by atoms with van der Waals surface area (Å²) in [6.45, 7) is 4.51. The van der Waals surface area contributed by atoms with E-state index in [9.17, 15) is 0 Å². The molecule has 3 unspecified atom stereocenters. The van der Waals surface area contributed by atoms with Gasteiger partial charge in [-0.2, -0.15) is 0 Å². The first-order valence-corrected chi connectivity index (χ1v) is 22.0. The zero-order valence-corrected chi connectivity index (χ0v) is 35.9. The van der Waals surface area contributed by atoms with Gasteiger partial charge in [-0.05, 0) is 79.9 Å². The maximum Gasteiger partial charge on any atom is 0.182 e. The fourth-order valence-electron chi connectivity index (χ4n) is 8.86. The van der Waals surface area contributed by atoms with Gasteiger partial charge in [0.05, 0.1) is 0 Å². The molecule has 0 N–H and O–H groups in total. The smallest absolute Gasteiger partial charge is 0.182 e. The molecule has 65 heavy (non-hydrogen) atoms. The van der Waals surface area contributed by atoms with Crippen molar-refractivity contribution in [3.63, 3.8) is 0 Å². The standard InChI is InChI=1S/C57H42N8/c1-36-16-6-7-19-43(37(36)2)55-61-54(64-57(65-55)49-25-13-15-35-59-49)42-32-28-39(29-33-42)51-46-22-10-8-20-44(46)50(45-21-9-11-23-47(45)51)38-26-30-41(31-27-38)53-60-52(40-17-4-3-5-18-40)62-56(63-53)48-24-12-14-34-58-48/h3-37,43H,1-2H3. The Morgan fingerprint density at radius 1 is 0.338 bits per heavy atom. The Hall–Kier alpha value is -8.36. The van der Waals surface area contributed by atoms with Crippen molar-refractivity contribution in [2.75, 3.05) is 0 Å².